The largest absolute Gasteiger partial charge is 0.397 e. The van der Waals surface area contributed by atoms with Crippen molar-refractivity contribution in [1.29, 1.82) is 0 Å². The summed E-state index contributed by atoms with van der Waals surface area (Å²) in [6, 6.07) is 9.01. The molecule has 0 aromatic heterocycles. The van der Waals surface area contributed by atoms with E-state index in [0.29, 0.717) is 17.8 Å². The minimum Gasteiger partial charge on any atom is -0.397 e. The van der Waals surface area contributed by atoms with E-state index in [1.54, 1.807) is 0 Å². The van der Waals surface area contributed by atoms with E-state index in [4.69, 9.17) is 4.18 Å². The second-order valence-electron chi connectivity index (χ2n) is 11.9. The number of benzene rings is 2. The maximum absolute atomic E-state index is 14.0. The van der Waals surface area contributed by atoms with Crippen LogP contribution in [0.1, 0.15) is 150 Å². The molecular formula is C32H46O2S2. The highest BCUT2D eigenvalue weighted by molar-refractivity contribution is 7.98. The average molecular weight is 527 g/mol. The van der Waals surface area contributed by atoms with Crippen LogP contribution in [0, 0.1) is 0 Å². The second kappa shape index (κ2) is 12.1. The van der Waals surface area contributed by atoms with E-state index in [0.717, 1.165) is 21.8 Å². The molecule has 0 radical (unpaired) electrons. The molecule has 2 aromatic rings. The lowest BCUT2D eigenvalue weighted by molar-refractivity contribution is 0.551. The van der Waals surface area contributed by atoms with E-state index in [2.05, 4.69) is 72.1 Å². The average Bonchev–Trinajstić information content (AvgIpc) is 3.57. The molecule has 0 aliphatic heterocycles. The van der Waals surface area contributed by atoms with E-state index >= 15 is 0 Å². The molecule has 0 N–H and O–H groups in total. The highest BCUT2D eigenvalue weighted by atomic mass is 32.2. The molecule has 4 heteroatoms. The Morgan fingerprint density at radius 3 is 1.56 bits per heavy atom. The van der Waals surface area contributed by atoms with Gasteiger partial charge in [-0.1, -0.05) is 79.4 Å². The maximum atomic E-state index is 14.0. The minimum atomic E-state index is -1.56. The molecule has 198 valence electrons. The molecule has 2 aliphatic carbocycles. The number of hydrogen-bond donors (Lipinski definition) is 0. The number of rotatable bonds is 9. The van der Waals surface area contributed by atoms with Crippen LogP contribution in [-0.2, 0) is 11.1 Å². The van der Waals surface area contributed by atoms with Crippen LogP contribution >= 0.6 is 11.8 Å². The smallest absolute Gasteiger partial charge is 0.241 e. The first-order valence-electron chi connectivity index (χ1n) is 14.2. The number of thioether (sulfide) groups is 1. The molecule has 2 aromatic carbocycles. The SMILES string of the molecule is CSc1c(C2CCCC2)cc(OS(=O)c2c(C(C)C)cc(C(C)C)cc2C(C)C)cc1C1CCCC1. The zero-order chi connectivity index (χ0) is 26.0. The quantitative estimate of drug-likeness (QED) is 0.304. The van der Waals surface area contributed by atoms with Crippen molar-refractivity contribution < 1.29 is 8.39 Å². The van der Waals surface area contributed by atoms with Crippen molar-refractivity contribution in [2.24, 2.45) is 0 Å². The molecule has 4 rings (SSSR count). The topological polar surface area (TPSA) is 26.3 Å². The van der Waals surface area contributed by atoms with Crippen molar-refractivity contribution >= 4 is 22.8 Å². The summed E-state index contributed by atoms with van der Waals surface area (Å²) in [6.07, 6.45) is 12.5. The normalized spacial score (nSPS) is 18.2. The van der Waals surface area contributed by atoms with Crippen molar-refractivity contribution in [3.63, 3.8) is 0 Å². The Hall–Kier alpha value is -1.26. The van der Waals surface area contributed by atoms with E-state index in [1.807, 2.05) is 11.8 Å². The minimum absolute atomic E-state index is 0.283. The van der Waals surface area contributed by atoms with Crippen LogP contribution in [0.5, 0.6) is 5.75 Å². The van der Waals surface area contributed by atoms with Gasteiger partial charge in [0.1, 0.15) is 5.75 Å². The first-order valence-corrected chi connectivity index (χ1v) is 16.5. The maximum Gasteiger partial charge on any atom is 0.241 e. The van der Waals surface area contributed by atoms with Crippen molar-refractivity contribution in [2.75, 3.05) is 6.26 Å². The Balaban J connectivity index is 1.79. The van der Waals surface area contributed by atoms with Crippen LogP contribution in [0.25, 0.3) is 0 Å². The lowest BCUT2D eigenvalue weighted by Gasteiger charge is -2.24. The lowest BCUT2D eigenvalue weighted by atomic mass is 9.89. The molecule has 0 heterocycles. The summed E-state index contributed by atoms with van der Waals surface area (Å²) in [5, 5.41) is 0. The van der Waals surface area contributed by atoms with Crippen molar-refractivity contribution in [2.45, 2.75) is 132 Å². The van der Waals surface area contributed by atoms with Gasteiger partial charge in [-0.3, -0.25) is 0 Å². The van der Waals surface area contributed by atoms with Crippen LogP contribution in [-0.4, -0.2) is 10.5 Å². The van der Waals surface area contributed by atoms with Crippen LogP contribution < -0.4 is 4.18 Å². The van der Waals surface area contributed by atoms with Crippen LogP contribution in [0.4, 0.5) is 0 Å². The third kappa shape index (κ3) is 5.90. The molecule has 0 spiro atoms. The predicted molar refractivity (Wildman–Crippen MR) is 156 cm³/mol. The number of hydrogen-bond acceptors (Lipinski definition) is 3. The highest BCUT2D eigenvalue weighted by Gasteiger charge is 2.28. The zero-order valence-electron chi connectivity index (χ0n) is 23.5. The van der Waals surface area contributed by atoms with Gasteiger partial charge in [-0.25, -0.2) is 4.21 Å². The molecule has 0 saturated heterocycles. The molecule has 2 fully saturated rings. The highest BCUT2D eigenvalue weighted by Crippen LogP contribution is 2.47. The summed E-state index contributed by atoms with van der Waals surface area (Å²) < 4.78 is 20.5. The van der Waals surface area contributed by atoms with Crippen LogP contribution in [0.2, 0.25) is 0 Å². The lowest BCUT2D eigenvalue weighted by Crippen LogP contribution is -2.12. The van der Waals surface area contributed by atoms with E-state index < -0.39 is 11.1 Å². The fraction of sp³-hybridized carbons (Fsp3) is 0.625. The summed E-state index contributed by atoms with van der Waals surface area (Å²) >= 11 is 0.350. The fourth-order valence-electron chi connectivity index (χ4n) is 6.22. The van der Waals surface area contributed by atoms with Gasteiger partial charge in [0, 0.05) is 4.90 Å². The van der Waals surface area contributed by atoms with Gasteiger partial charge in [0.2, 0.25) is 11.1 Å². The van der Waals surface area contributed by atoms with Gasteiger partial charge in [-0.2, -0.15) is 0 Å². The monoisotopic (exact) mass is 526 g/mol. The standard InChI is InChI=1S/C32H46O2S2/c1-20(2)25-16-27(21(3)4)32(28(17-25)22(5)6)36(33)34-26-18-29(23-12-8-9-13-23)31(35-7)30(19-26)24-14-10-11-15-24/h16-24H,8-15H2,1-7H3. The van der Waals surface area contributed by atoms with Gasteiger partial charge in [0.05, 0.1) is 4.90 Å². The molecule has 2 saturated carbocycles. The van der Waals surface area contributed by atoms with Gasteiger partial charge in [-0.15, -0.1) is 11.8 Å². The summed E-state index contributed by atoms with van der Waals surface area (Å²) in [4.78, 5) is 2.36. The van der Waals surface area contributed by atoms with Crippen LogP contribution in [0.15, 0.2) is 34.1 Å². The molecule has 2 aliphatic rings. The Morgan fingerprint density at radius 2 is 1.19 bits per heavy atom. The summed E-state index contributed by atoms with van der Waals surface area (Å²) in [6.45, 7) is 13.3. The second-order valence-corrected chi connectivity index (χ2v) is 13.8. The summed E-state index contributed by atoms with van der Waals surface area (Å²) in [7, 11) is 0. The molecule has 2 nitrogen and oxygen atoms in total. The Labute approximate surface area is 227 Å². The van der Waals surface area contributed by atoms with Gasteiger partial charge in [0.15, 0.2) is 0 Å². The van der Waals surface area contributed by atoms with Crippen molar-refractivity contribution in [3.8, 4) is 5.75 Å². The molecular weight excluding hydrogens is 480 g/mol. The Morgan fingerprint density at radius 1 is 0.750 bits per heavy atom. The third-order valence-electron chi connectivity index (χ3n) is 8.33. The predicted octanol–water partition coefficient (Wildman–Crippen LogP) is 10.2. The molecule has 1 unspecified atom stereocenters. The molecule has 1 atom stereocenters. The molecule has 0 bridgehead atoms. The van der Waals surface area contributed by atoms with E-state index in [1.165, 1.54) is 73.0 Å². The Kier molecular flexibility index (Phi) is 9.31. The first kappa shape index (κ1) is 27.8. The van der Waals surface area contributed by atoms with E-state index in [-0.39, 0.29) is 11.8 Å². The van der Waals surface area contributed by atoms with E-state index in [9.17, 15) is 4.21 Å². The summed E-state index contributed by atoms with van der Waals surface area (Å²) in [5.74, 6) is 3.01. The first-order chi connectivity index (χ1) is 17.2. The van der Waals surface area contributed by atoms with Crippen molar-refractivity contribution in [1.82, 2.24) is 0 Å². The molecule has 0 amide bonds. The van der Waals surface area contributed by atoms with Crippen molar-refractivity contribution in [3.05, 3.63) is 52.1 Å². The zero-order valence-corrected chi connectivity index (χ0v) is 25.1. The fourth-order valence-corrected chi connectivity index (χ4v) is 8.47. The third-order valence-corrected chi connectivity index (χ3v) is 10.4. The Bertz CT molecular complexity index is 1010. The van der Waals surface area contributed by atoms with Gasteiger partial charge in [-0.05, 0) is 101 Å². The van der Waals surface area contributed by atoms with Gasteiger partial charge >= 0.3 is 0 Å². The van der Waals surface area contributed by atoms with Crippen LogP contribution in [0.3, 0.4) is 0 Å². The van der Waals surface area contributed by atoms with Gasteiger partial charge < -0.3 is 4.18 Å². The molecule has 36 heavy (non-hydrogen) atoms. The summed E-state index contributed by atoms with van der Waals surface area (Å²) in [5.41, 5.74) is 6.53. The van der Waals surface area contributed by atoms with Gasteiger partial charge in [0.25, 0.3) is 0 Å².